The Labute approximate surface area is 53.7 Å². The lowest BCUT2D eigenvalue weighted by Crippen LogP contribution is -2.19. The van der Waals surface area contributed by atoms with E-state index >= 15 is 0 Å². The molecule has 0 aromatic rings. The van der Waals surface area contributed by atoms with Gasteiger partial charge in [-0.2, -0.15) is 0 Å². The van der Waals surface area contributed by atoms with E-state index in [2.05, 4.69) is 0 Å². The van der Waals surface area contributed by atoms with Gasteiger partial charge in [-0.05, 0) is 6.42 Å². The molecule has 0 fully saturated rings. The van der Waals surface area contributed by atoms with Crippen molar-refractivity contribution in [1.29, 1.82) is 0 Å². The lowest BCUT2D eigenvalue weighted by molar-refractivity contribution is -0.150. The average Bonchev–Trinajstić information content (AvgIpc) is 1.84. The van der Waals surface area contributed by atoms with Crippen LogP contribution in [0.2, 0.25) is 0 Å². The lowest BCUT2D eigenvalue weighted by Gasteiger charge is -1.99. The minimum atomic E-state index is -1.33. The molecular weight excluding hydrogens is 123 g/mol. The monoisotopic (exact) mass is 133 g/mol. The predicted octanol–water partition coefficient (Wildman–Crippen LogP) is 0.686. The quantitative estimate of drug-likeness (QED) is 0.455. The Balaban J connectivity index is 3.88. The molecule has 0 aliphatic rings. The fraction of sp³-hybridized carbons (Fsp3) is 0.667. The predicted molar refractivity (Wildman–Crippen MR) is 32.1 cm³/mol. The summed E-state index contributed by atoms with van der Waals surface area (Å²) in [5, 5.41) is 8.13. The number of carboxylic acids is 1. The van der Waals surface area contributed by atoms with Crippen LogP contribution in [0.1, 0.15) is 20.3 Å². The third-order valence-electron chi connectivity index (χ3n) is 1.27. The number of carbonyl (C=O) groups excluding carboxylic acids is 1. The molecule has 0 saturated carbocycles. The minimum Gasteiger partial charge on any atom is -0.475 e. The Morgan fingerprint density at radius 1 is 1.56 bits per heavy atom. The van der Waals surface area contributed by atoms with Crippen LogP contribution in [0.4, 0.5) is 0 Å². The molecule has 0 aromatic carbocycles. The Morgan fingerprint density at radius 3 is 2.11 bits per heavy atom. The average molecular weight is 133 g/mol. The molecule has 0 bridgehead atoms. The molecule has 0 heterocycles. The van der Waals surface area contributed by atoms with Crippen LogP contribution in [0.25, 0.3) is 0 Å². The SMILES string of the molecule is CC[13CH](C)[13C](=O)[13C](=O)O. The summed E-state index contributed by atoms with van der Waals surface area (Å²) in [7, 11) is 0. The first-order valence-corrected chi connectivity index (χ1v) is 2.86. The maximum atomic E-state index is 10.5. The molecule has 0 spiro atoms. The summed E-state index contributed by atoms with van der Waals surface area (Å²) < 4.78 is 0. The number of carbonyl (C=O) groups is 2. The van der Waals surface area contributed by atoms with Gasteiger partial charge in [0, 0.05) is 5.92 Å². The van der Waals surface area contributed by atoms with E-state index in [1.807, 2.05) is 0 Å². The van der Waals surface area contributed by atoms with Crippen molar-refractivity contribution in [3.63, 3.8) is 0 Å². The zero-order valence-electron chi connectivity index (χ0n) is 5.55. The summed E-state index contributed by atoms with van der Waals surface area (Å²) in [4.78, 5) is 20.4. The number of Topliss-reactive ketones (excluding diaryl/α,β-unsaturated/α-hetero) is 1. The first-order chi connectivity index (χ1) is 4.09. The highest BCUT2D eigenvalue weighted by molar-refractivity contribution is 6.33. The van der Waals surface area contributed by atoms with Crippen LogP contribution in [0.3, 0.4) is 0 Å². The zero-order valence-corrected chi connectivity index (χ0v) is 5.55. The molecule has 3 nitrogen and oxygen atoms in total. The van der Waals surface area contributed by atoms with Gasteiger partial charge in [0.15, 0.2) is 0 Å². The van der Waals surface area contributed by atoms with Crippen LogP contribution < -0.4 is 0 Å². The third kappa shape index (κ3) is 2.26. The Kier molecular flexibility index (Phi) is 2.91. The molecule has 0 aromatic heterocycles. The summed E-state index contributed by atoms with van der Waals surface area (Å²) in [6.45, 7) is 3.39. The second-order valence-electron chi connectivity index (χ2n) is 1.98. The molecule has 1 N–H and O–H groups in total. The molecule has 0 amide bonds. The molecule has 3 heteroatoms. The Bertz CT molecular complexity index is 128. The first kappa shape index (κ1) is 8.14. The molecule has 1 atom stereocenters. The molecule has 0 radical (unpaired) electrons. The van der Waals surface area contributed by atoms with Crippen molar-refractivity contribution in [3.8, 4) is 0 Å². The lowest BCUT2D eigenvalue weighted by atomic mass is 10.5. The van der Waals surface area contributed by atoms with Gasteiger partial charge in [0.05, 0.1) is 0 Å². The molecule has 9 heavy (non-hydrogen) atoms. The van der Waals surface area contributed by atoms with Gasteiger partial charge in [-0.1, -0.05) is 13.8 Å². The summed E-state index contributed by atoms with van der Waals surface area (Å²) in [5.41, 5.74) is 0. The van der Waals surface area contributed by atoms with Crippen molar-refractivity contribution in [2.24, 2.45) is 5.92 Å². The van der Waals surface area contributed by atoms with Crippen LogP contribution >= 0.6 is 0 Å². The highest BCUT2D eigenvalue weighted by Crippen LogP contribution is 2.00. The number of hydrogen-bond donors (Lipinski definition) is 1. The standard InChI is InChI=1S/C6H10O3/c1-3-4(2)5(7)6(8)9/h4H,3H2,1-2H3,(H,8,9)/i4+1,5+1,6+1. The third-order valence-corrected chi connectivity index (χ3v) is 1.27. The highest BCUT2D eigenvalue weighted by atomic mass is 16.5. The molecule has 52 valence electrons. The number of aliphatic carboxylic acids is 1. The Hall–Kier alpha value is -0.860. The molecular formula is C6H10O3. The van der Waals surface area contributed by atoms with Gasteiger partial charge >= 0.3 is 5.97 Å². The van der Waals surface area contributed by atoms with Gasteiger partial charge in [-0.25, -0.2) is 4.79 Å². The normalized spacial score (nSPS) is 12.7. The van der Waals surface area contributed by atoms with Crippen molar-refractivity contribution < 1.29 is 14.7 Å². The van der Waals surface area contributed by atoms with Gasteiger partial charge in [0.25, 0.3) is 0 Å². The van der Waals surface area contributed by atoms with Gasteiger partial charge in [0.1, 0.15) is 0 Å². The van der Waals surface area contributed by atoms with E-state index in [0.717, 1.165) is 0 Å². The van der Waals surface area contributed by atoms with E-state index in [4.69, 9.17) is 5.11 Å². The number of rotatable bonds is 3. The van der Waals surface area contributed by atoms with Gasteiger partial charge < -0.3 is 5.11 Å². The maximum absolute atomic E-state index is 10.5. The van der Waals surface area contributed by atoms with Crippen LogP contribution in [0.15, 0.2) is 0 Å². The summed E-state index contributed by atoms with van der Waals surface area (Å²) in [6, 6.07) is 0. The van der Waals surface area contributed by atoms with E-state index in [-0.39, 0.29) is 5.92 Å². The fourth-order valence-electron chi connectivity index (χ4n) is 0.396. The van der Waals surface area contributed by atoms with Crippen molar-refractivity contribution in [3.05, 3.63) is 0 Å². The topological polar surface area (TPSA) is 54.4 Å². The van der Waals surface area contributed by atoms with E-state index in [9.17, 15) is 9.59 Å². The molecule has 1 unspecified atom stereocenters. The smallest absolute Gasteiger partial charge is 0.372 e. The van der Waals surface area contributed by atoms with Crippen LogP contribution in [-0.4, -0.2) is 16.9 Å². The molecule has 0 aliphatic heterocycles. The highest BCUT2D eigenvalue weighted by Gasteiger charge is 2.17. The van der Waals surface area contributed by atoms with Crippen LogP contribution in [0.5, 0.6) is 0 Å². The number of carboxylic acid groups (broad SMARTS) is 1. The van der Waals surface area contributed by atoms with Gasteiger partial charge in [-0.3, -0.25) is 4.79 Å². The zero-order chi connectivity index (χ0) is 7.44. The second-order valence-corrected chi connectivity index (χ2v) is 1.98. The number of ketones is 1. The molecule has 0 aliphatic carbocycles. The summed E-state index contributed by atoms with van der Waals surface area (Å²) in [6.07, 6.45) is 0.588. The largest absolute Gasteiger partial charge is 0.475 e. The van der Waals surface area contributed by atoms with E-state index in [1.165, 1.54) is 0 Å². The minimum absolute atomic E-state index is 0.345. The van der Waals surface area contributed by atoms with Crippen molar-refractivity contribution >= 4 is 11.8 Å². The Morgan fingerprint density at radius 2 is 2.00 bits per heavy atom. The summed E-state index contributed by atoms with van der Waals surface area (Å²) >= 11 is 0. The van der Waals surface area contributed by atoms with Crippen molar-refractivity contribution in [2.75, 3.05) is 0 Å². The fourth-order valence-corrected chi connectivity index (χ4v) is 0.396. The van der Waals surface area contributed by atoms with Crippen molar-refractivity contribution in [1.82, 2.24) is 0 Å². The first-order valence-electron chi connectivity index (χ1n) is 2.86. The second kappa shape index (κ2) is 3.22. The van der Waals surface area contributed by atoms with E-state index in [1.54, 1.807) is 13.8 Å². The number of hydrogen-bond acceptors (Lipinski definition) is 2. The van der Waals surface area contributed by atoms with E-state index in [0.29, 0.717) is 6.42 Å². The maximum Gasteiger partial charge on any atom is 0.372 e. The van der Waals surface area contributed by atoms with Gasteiger partial charge in [-0.15, -0.1) is 0 Å². The van der Waals surface area contributed by atoms with Gasteiger partial charge in [0.2, 0.25) is 5.78 Å². The van der Waals surface area contributed by atoms with Crippen LogP contribution in [0, 0.1) is 5.92 Å². The van der Waals surface area contributed by atoms with E-state index < -0.39 is 11.8 Å². The van der Waals surface area contributed by atoms with Crippen molar-refractivity contribution in [2.45, 2.75) is 20.3 Å². The summed E-state index contributed by atoms with van der Waals surface area (Å²) in [5.74, 6) is -2.37. The molecule has 0 rings (SSSR count). The van der Waals surface area contributed by atoms with Crippen LogP contribution in [-0.2, 0) is 9.59 Å². The molecule has 0 saturated heterocycles.